The van der Waals surface area contributed by atoms with Crippen LogP contribution in [0.15, 0.2) is 85.2 Å². The molecule has 196 valence electrons. The molecule has 39 heavy (non-hydrogen) atoms. The van der Waals surface area contributed by atoms with Gasteiger partial charge in [-0.25, -0.2) is 9.07 Å². The number of likely N-dealkylation sites (tertiary alicyclic amines) is 1. The van der Waals surface area contributed by atoms with E-state index in [4.69, 9.17) is 0 Å². The fraction of sp³-hybridized carbons (Fsp3) is 0.303. The molecule has 2 aromatic heterocycles. The molecule has 1 saturated carbocycles. The number of amides is 1. The molecule has 1 saturated heterocycles. The highest BCUT2D eigenvalue weighted by Gasteiger charge is 2.74. The van der Waals surface area contributed by atoms with Crippen molar-refractivity contribution in [3.8, 4) is 5.69 Å². The van der Waals surface area contributed by atoms with Gasteiger partial charge in [-0.15, -0.1) is 0 Å². The lowest BCUT2D eigenvalue weighted by atomic mass is 9.73. The first-order valence-corrected chi connectivity index (χ1v) is 13.6. The minimum absolute atomic E-state index is 0.0190. The van der Waals surface area contributed by atoms with Crippen LogP contribution in [0.25, 0.3) is 16.6 Å². The van der Waals surface area contributed by atoms with E-state index in [1.165, 1.54) is 23.3 Å². The number of carbonyl (C=O) groups excluding carboxylic acids is 1. The predicted octanol–water partition coefficient (Wildman–Crippen LogP) is 6.34. The summed E-state index contributed by atoms with van der Waals surface area (Å²) in [5.74, 6) is 0.559. The Labute approximate surface area is 227 Å². The fourth-order valence-electron chi connectivity index (χ4n) is 7.58. The largest absolute Gasteiger partial charge is 0.336 e. The van der Waals surface area contributed by atoms with Crippen molar-refractivity contribution in [2.24, 2.45) is 17.3 Å². The second-order valence-corrected chi connectivity index (χ2v) is 11.7. The molecule has 2 aliphatic carbocycles. The van der Waals surface area contributed by atoms with E-state index in [0.717, 1.165) is 35.1 Å². The van der Waals surface area contributed by atoms with E-state index < -0.39 is 0 Å². The molecule has 4 atom stereocenters. The molecule has 5 nitrogen and oxygen atoms in total. The Bertz CT molecular complexity index is 1690. The van der Waals surface area contributed by atoms with Crippen LogP contribution < -0.4 is 0 Å². The monoisotopic (exact) mass is 518 g/mol. The molecule has 1 aliphatic heterocycles. The van der Waals surface area contributed by atoms with Crippen LogP contribution in [0.1, 0.15) is 40.5 Å². The summed E-state index contributed by atoms with van der Waals surface area (Å²) in [5.41, 5.74) is 5.69. The quantitative estimate of drug-likeness (QED) is 0.317. The molecular weight excluding hydrogens is 487 g/mol. The Morgan fingerprint density at radius 3 is 2.64 bits per heavy atom. The van der Waals surface area contributed by atoms with Gasteiger partial charge in [0.25, 0.3) is 5.91 Å². The van der Waals surface area contributed by atoms with E-state index in [-0.39, 0.29) is 22.6 Å². The number of hydrogen-bond acceptors (Lipinski definition) is 3. The number of pyridine rings is 1. The summed E-state index contributed by atoms with van der Waals surface area (Å²) < 4.78 is 15.4. The van der Waals surface area contributed by atoms with E-state index in [9.17, 15) is 9.18 Å². The SMILES string of the molecule is Cc1cc2c(cnn2-c2ccc(F)cc2)cc1[C@]12CN(C(=O)c3ncccc3C)C[C@H]1[C@@H]2C1(C)C=CC=CC1. The molecule has 7 rings (SSSR count). The van der Waals surface area contributed by atoms with Gasteiger partial charge in [-0.2, -0.15) is 5.10 Å². The van der Waals surface area contributed by atoms with Gasteiger partial charge in [0, 0.05) is 30.1 Å². The molecule has 4 aromatic rings. The van der Waals surface area contributed by atoms with Gasteiger partial charge in [0.1, 0.15) is 11.5 Å². The Morgan fingerprint density at radius 1 is 1.08 bits per heavy atom. The Morgan fingerprint density at radius 2 is 1.90 bits per heavy atom. The number of allylic oxidation sites excluding steroid dienone is 4. The van der Waals surface area contributed by atoms with Crippen LogP contribution in [0.4, 0.5) is 4.39 Å². The number of aryl methyl sites for hydroxylation is 2. The highest BCUT2D eigenvalue weighted by Crippen LogP contribution is 2.72. The Balaban J connectivity index is 1.31. The van der Waals surface area contributed by atoms with Gasteiger partial charge >= 0.3 is 0 Å². The maximum Gasteiger partial charge on any atom is 0.272 e. The highest BCUT2D eigenvalue weighted by atomic mass is 19.1. The van der Waals surface area contributed by atoms with Crippen molar-refractivity contribution in [1.82, 2.24) is 19.7 Å². The number of fused-ring (bicyclic) bond motifs is 2. The summed E-state index contributed by atoms with van der Waals surface area (Å²) in [6, 6.07) is 14.7. The molecule has 0 N–H and O–H groups in total. The zero-order valence-corrected chi connectivity index (χ0v) is 22.4. The number of halogens is 1. The molecule has 3 heterocycles. The summed E-state index contributed by atoms with van der Waals surface area (Å²) in [6.45, 7) is 7.91. The summed E-state index contributed by atoms with van der Waals surface area (Å²) in [4.78, 5) is 20.1. The predicted molar refractivity (Wildman–Crippen MR) is 150 cm³/mol. The van der Waals surface area contributed by atoms with Gasteiger partial charge in [-0.05, 0) is 96.7 Å². The van der Waals surface area contributed by atoms with Gasteiger partial charge in [0.2, 0.25) is 0 Å². The van der Waals surface area contributed by atoms with E-state index in [2.05, 4.69) is 60.4 Å². The van der Waals surface area contributed by atoms with Crippen molar-refractivity contribution >= 4 is 16.8 Å². The first kappa shape index (κ1) is 24.0. The minimum Gasteiger partial charge on any atom is -0.336 e. The van der Waals surface area contributed by atoms with Crippen molar-refractivity contribution in [3.63, 3.8) is 0 Å². The standard InChI is InChI=1S/C33H31FN4O/c1-21-8-7-15-35-29(21)31(39)37-19-27-30(32(3)13-5-4-6-14-32)33(27,20-37)26-17-23-18-36-38(28(23)16-22(26)2)25-11-9-24(34)10-12-25/h4-13,15-18,27,30H,14,19-20H2,1-3H3/t27-,30+,32?,33+/m0/s1. The average molecular weight is 519 g/mol. The normalized spacial score (nSPS) is 27.2. The van der Waals surface area contributed by atoms with E-state index in [1.54, 1.807) is 18.3 Å². The first-order chi connectivity index (χ1) is 18.8. The molecule has 1 unspecified atom stereocenters. The lowest BCUT2D eigenvalue weighted by Gasteiger charge is -2.34. The van der Waals surface area contributed by atoms with E-state index >= 15 is 0 Å². The zero-order valence-electron chi connectivity index (χ0n) is 22.4. The molecule has 0 spiro atoms. The first-order valence-electron chi connectivity index (χ1n) is 13.6. The van der Waals surface area contributed by atoms with Crippen LogP contribution in [0.3, 0.4) is 0 Å². The van der Waals surface area contributed by atoms with Crippen molar-refractivity contribution < 1.29 is 9.18 Å². The summed E-state index contributed by atoms with van der Waals surface area (Å²) in [6.07, 6.45) is 13.5. The second-order valence-electron chi connectivity index (χ2n) is 11.7. The number of nitrogens with zero attached hydrogens (tertiary/aromatic N) is 4. The fourth-order valence-corrected chi connectivity index (χ4v) is 7.58. The number of benzene rings is 2. The van der Waals surface area contributed by atoms with Gasteiger partial charge in [-0.1, -0.05) is 37.3 Å². The molecule has 2 aromatic carbocycles. The smallest absolute Gasteiger partial charge is 0.272 e. The number of piperidine rings is 1. The number of hydrogen-bond donors (Lipinski definition) is 0. The molecule has 0 radical (unpaired) electrons. The molecule has 0 bridgehead atoms. The lowest BCUT2D eigenvalue weighted by Crippen LogP contribution is -2.38. The number of rotatable bonds is 4. The summed E-state index contributed by atoms with van der Waals surface area (Å²) in [5, 5.41) is 5.71. The maximum atomic E-state index is 13.6. The molecule has 2 fully saturated rings. The van der Waals surface area contributed by atoms with Crippen LogP contribution in [-0.4, -0.2) is 38.7 Å². The third-order valence-electron chi connectivity index (χ3n) is 9.36. The second kappa shape index (κ2) is 8.47. The topological polar surface area (TPSA) is 51.0 Å². The van der Waals surface area contributed by atoms with Gasteiger partial charge in [0.05, 0.1) is 17.4 Å². The van der Waals surface area contributed by atoms with Crippen molar-refractivity contribution in [2.75, 3.05) is 13.1 Å². The lowest BCUT2D eigenvalue weighted by molar-refractivity contribution is 0.0742. The van der Waals surface area contributed by atoms with Gasteiger partial charge in [0.15, 0.2) is 0 Å². The van der Waals surface area contributed by atoms with Crippen molar-refractivity contribution in [2.45, 2.75) is 32.6 Å². The molecule has 3 aliphatic rings. The van der Waals surface area contributed by atoms with Gasteiger partial charge < -0.3 is 4.90 Å². The highest BCUT2D eigenvalue weighted by molar-refractivity contribution is 5.94. The van der Waals surface area contributed by atoms with Crippen LogP contribution in [0.2, 0.25) is 0 Å². The summed E-state index contributed by atoms with van der Waals surface area (Å²) >= 11 is 0. The van der Waals surface area contributed by atoms with Gasteiger partial charge in [-0.3, -0.25) is 9.78 Å². The van der Waals surface area contributed by atoms with E-state index in [1.807, 2.05) is 34.8 Å². The third-order valence-corrected chi connectivity index (χ3v) is 9.36. The zero-order chi connectivity index (χ0) is 26.9. The third kappa shape index (κ3) is 3.54. The average Bonchev–Trinajstić information content (AvgIpc) is 3.19. The van der Waals surface area contributed by atoms with Crippen LogP contribution in [0.5, 0.6) is 0 Å². The minimum atomic E-state index is -0.264. The summed E-state index contributed by atoms with van der Waals surface area (Å²) in [7, 11) is 0. The number of aromatic nitrogens is 3. The number of carbonyl (C=O) groups is 1. The van der Waals surface area contributed by atoms with Crippen LogP contribution in [0, 0.1) is 36.9 Å². The Kier molecular flexibility index (Phi) is 5.21. The molecule has 6 heteroatoms. The van der Waals surface area contributed by atoms with Crippen LogP contribution in [-0.2, 0) is 5.41 Å². The van der Waals surface area contributed by atoms with Crippen molar-refractivity contribution in [1.29, 1.82) is 0 Å². The Hall–Kier alpha value is -4.06. The molecule has 1 amide bonds. The maximum absolute atomic E-state index is 13.6. The molecular formula is C33H31FN4O. The van der Waals surface area contributed by atoms with Crippen LogP contribution >= 0.6 is 0 Å². The van der Waals surface area contributed by atoms with Crippen molar-refractivity contribution in [3.05, 3.63) is 113 Å². The van der Waals surface area contributed by atoms with E-state index in [0.29, 0.717) is 24.1 Å².